The zero-order chi connectivity index (χ0) is 10.8. The maximum Gasteiger partial charge on any atom is 0.131 e. The van der Waals surface area contributed by atoms with E-state index in [9.17, 15) is 0 Å². The van der Waals surface area contributed by atoms with Crippen molar-refractivity contribution in [1.29, 1.82) is 0 Å². The molecule has 1 saturated carbocycles. The van der Waals surface area contributed by atoms with Gasteiger partial charge in [-0.15, -0.1) is 21.5 Å². The van der Waals surface area contributed by atoms with Crippen LogP contribution in [-0.4, -0.2) is 10.2 Å². The van der Waals surface area contributed by atoms with Crippen LogP contribution in [0.15, 0.2) is 0 Å². The number of hydrogen-bond donors (Lipinski definition) is 0. The van der Waals surface area contributed by atoms with Crippen molar-refractivity contribution in [3.05, 3.63) is 10.0 Å². The quantitative estimate of drug-likeness (QED) is 0.776. The van der Waals surface area contributed by atoms with Gasteiger partial charge in [0.25, 0.3) is 0 Å². The Kier molecular flexibility index (Phi) is 3.78. The zero-order valence-corrected chi connectivity index (χ0v) is 11.6. The Labute approximate surface area is 104 Å². The Morgan fingerprint density at radius 2 is 2.27 bits per heavy atom. The van der Waals surface area contributed by atoms with E-state index in [2.05, 4.69) is 40.0 Å². The van der Waals surface area contributed by atoms with E-state index < -0.39 is 0 Å². The molecule has 3 unspecified atom stereocenters. The van der Waals surface area contributed by atoms with Gasteiger partial charge in [-0.25, -0.2) is 0 Å². The first-order chi connectivity index (χ1) is 7.22. The molecule has 4 heteroatoms. The summed E-state index contributed by atoms with van der Waals surface area (Å²) in [7, 11) is 0. The van der Waals surface area contributed by atoms with E-state index in [1.165, 1.54) is 24.3 Å². The van der Waals surface area contributed by atoms with Crippen molar-refractivity contribution >= 4 is 27.3 Å². The molecule has 2 rings (SSSR count). The van der Waals surface area contributed by atoms with Gasteiger partial charge >= 0.3 is 0 Å². The molecular formula is C11H17BrN2S. The maximum absolute atomic E-state index is 4.36. The van der Waals surface area contributed by atoms with Gasteiger partial charge in [-0.1, -0.05) is 42.6 Å². The van der Waals surface area contributed by atoms with Crippen LogP contribution < -0.4 is 0 Å². The fraction of sp³-hybridized carbons (Fsp3) is 0.818. The SMILES string of the molecule is CCC(Br)c1nnc(C2CCCC2C)s1. The normalized spacial score (nSPS) is 28.2. The number of aromatic nitrogens is 2. The van der Waals surface area contributed by atoms with E-state index in [4.69, 9.17) is 0 Å². The maximum atomic E-state index is 4.36. The van der Waals surface area contributed by atoms with Gasteiger partial charge < -0.3 is 0 Å². The van der Waals surface area contributed by atoms with Crippen molar-refractivity contribution in [3.63, 3.8) is 0 Å². The van der Waals surface area contributed by atoms with Gasteiger partial charge in [-0.3, -0.25) is 0 Å². The highest BCUT2D eigenvalue weighted by molar-refractivity contribution is 9.09. The molecule has 1 aromatic rings. The molecule has 0 amide bonds. The third kappa shape index (κ3) is 2.41. The molecule has 1 heterocycles. The van der Waals surface area contributed by atoms with Crippen LogP contribution in [-0.2, 0) is 0 Å². The van der Waals surface area contributed by atoms with Crippen LogP contribution in [0.1, 0.15) is 60.3 Å². The topological polar surface area (TPSA) is 25.8 Å². The standard InChI is InChI=1S/C11H17BrN2S/c1-3-9(12)11-14-13-10(15-11)8-6-4-5-7(8)2/h7-9H,3-6H2,1-2H3. The fourth-order valence-electron chi connectivity index (χ4n) is 2.21. The van der Waals surface area contributed by atoms with Crippen molar-refractivity contribution in [3.8, 4) is 0 Å². The number of halogens is 1. The fourth-order valence-corrected chi connectivity index (χ4v) is 3.76. The molecule has 1 aliphatic carbocycles. The summed E-state index contributed by atoms with van der Waals surface area (Å²) in [5, 5.41) is 11.0. The summed E-state index contributed by atoms with van der Waals surface area (Å²) in [5.41, 5.74) is 0. The molecule has 0 N–H and O–H groups in total. The Morgan fingerprint density at radius 3 is 2.87 bits per heavy atom. The smallest absolute Gasteiger partial charge is 0.131 e. The first-order valence-corrected chi connectivity index (χ1v) is 7.43. The van der Waals surface area contributed by atoms with Gasteiger partial charge in [-0.2, -0.15) is 0 Å². The highest BCUT2D eigenvalue weighted by Crippen LogP contribution is 2.41. The predicted molar refractivity (Wildman–Crippen MR) is 67.6 cm³/mol. The molecular weight excluding hydrogens is 272 g/mol. The second-order valence-corrected chi connectivity index (χ2v) is 6.51. The van der Waals surface area contributed by atoms with E-state index in [0.717, 1.165) is 17.3 Å². The number of nitrogens with zero attached hydrogens (tertiary/aromatic N) is 2. The second kappa shape index (κ2) is 4.91. The molecule has 0 saturated heterocycles. The summed E-state index contributed by atoms with van der Waals surface area (Å²) >= 11 is 5.43. The van der Waals surface area contributed by atoms with E-state index in [-0.39, 0.29) is 0 Å². The van der Waals surface area contributed by atoms with Crippen LogP contribution in [0, 0.1) is 5.92 Å². The molecule has 84 valence electrons. The Morgan fingerprint density at radius 1 is 1.47 bits per heavy atom. The molecule has 1 aromatic heterocycles. The monoisotopic (exact) mass is 288 g/mol. The zero-order valence-electron chi connectivity index (χ0n) is 9.24. The van der Waals surface area contributed by atoms with Crippen molar-refractivity contribution in [1.82, 2.24) is 10.2 Å². The lowest BCUT2D eigenvalue weighted by atomic mass is 9.99. The Bertz CT molecular complexity index is 326. The Balaban J connectivity index is 2.12. The molecule has 2 nitrogen and oxygen atoms in total. The highest BCUT2D eigenvalue weighted by Gasteiger charge is 2.28. The van der Waals surface area contributed by atoms with Crippen LogP contribution in [0.3, 0.4) is 0 Å². The summed E-state index contributed by atoms with van der Waals surface area (Å²) in [6.45, 7) is 4.50. The van der Waals surface area contributed by atoms with Crippen molar-refractivity contribution in [2.45, 2.75) is 50.3 Å². The van der Waals surface area contributed by atoms with Gasteiger partial charge in [0.05, 0.1) is 4.83 Å². The lowest BCUT2D eigenvalue weighted by Crippen LogP contribution is -2.00. The molecule has 0 radical (unpaired) electrons. The minimum absolute atomic E-state index is 0.389. The summed E-state index contributed by atoms with van der Waals surface area (Å²) < 4.78 is 0. The molecule has 3 atom stereocenters. The highest BCUT2D eigenvalue weighted by atomic mass is 79.9. The summed E-state index contributed by atoms with van der Waals surface area (Å²) in [5.74, 6) is 1.47. The molecule has 0 spiro atoms. The molecule has 1 aliphatic rings. The second-order valence-electron chi connectivity index (χ2n) is 4.37. The van der Waals surface area contributed by atoms with Crippen LogP contribution >= 0.6 is 27.3 Å². The van der Waals surface area contributed by atoms with Crippen molar-refractivity contribution < 1.29 is 0 Å². The van der Waals surface area contributed by atoms with E-state index in [1.807, 2.05) is 0 Å². The Hall–Kier alpha value is 0.0400. The molecule has 0 bridgehead atoms. The predicted octanol–water partition coefficient (Wildman–Crippen LogP) is 4.29. The van der Waals surface area contributed by atoms with Crippen molar-refractivity contribution in [2.24, 2.45) is 5.92 Å². The van der Waals surface area contributed by atoms with Gasteiger partial charge in [0.15, 0.2) is 0 Å². The molecule has 0 aliphatic heterocycles. The third-order valence-corrected chi connectivity index (χ3v) is 5.81. The minimum atomic E-state index is 0.389. The van der Waals surface area contributed by atoms with Crippen molar-refractivity contribution in [2.75, 3.05) is 0 Å². The summed E-state index contributed by atoms with van der Waals surface area (Å²) in [6.07, 6.45) is 5.08. The van der Waals surface area contributed by atoms with Crippen LogP contribution in [0.2, 0.25) is 0 Å². The van der Waals surface area contributed by atoms with Gasteiger partial charge in [-0.05, 0) is 18.8 Å². The van der Waals surface area contributed by atoms with Gasteiger partial charge in [0.1, 0.15) is 10.0 Å². The first kappa shape index (κ1) is 11.5. The average molecular weight is 289 g/mol. The summed E-state index contributed by atoms with van der Waals surface area (Å²) in [4.78, 5) is 0.389. The third-order valence-electron chi connectivity index (χ3n) is 3.26. The van der Waals surface area contributed by atoms with Crippen LogP contribution in [0.5, 0.6) is 0 Å². The molecule has 0 aromatic carbocycles. The number of rotatable bonds is 3. The lowest BCUT2D eigenvalue weighted by molar-refractivity contribution is 0.527. The molecule has 15 heavy (non-hydrogen) atoms. The van der Waals surface area contributed by atoms with Crippen LogP contribution in [0.4, 0.5) is 0 Å². The lowest BCUT2D eigenvalue weighted by Gasteiger charge is -2.10. The van der Waals surface area contributed by atoms with E-state index in [1.54, 1.807) is 11.3 Å². The van der Waals surface area contributed by atoms with Gasteiger partial charge in [0, 0.05) is 5.92 Å². The largest absolute Gasteiger partial charge is 0.143 e. The summed E-state index contributed by atoms with van der Waals surface area (Å²) in [6, 6.07) is 0. The van der Waals surface area contributed by atoms with E-state index >= 15 is 0 Å². The minimum Gasteiger partial charge on any atom is -0.143 e. The number of alkyl halides is 1. The number of hydrogen-bond acceptors (Lipinski definition) is 3. The average Bonchev–Trinajstić information content (AvgIpc) is 2.84. The first-order valence-electron chi connectivity index (χ1n) is 5.69. The molecule has 1 fully saturated rings. The van der Waals surface area contributed by atoms with Gasteiger partial charge in [0.2, 0.25) is 0 Å². The van der Waals surface area contributed by atoms with E-state index in [0.29, 0.717) is 10.7 Å². The van der Waals surface area contributed by atoms with Crippen LogP contribution in [0.25, 0.3) is 0 Å².